The molecule has 0 aliphatic carbocycles. The first-order chi connectivity index (χ1) is 7.97. The van der Waals surface area contributed by atoms with Crippen LogP contribution in [0, 0.1) is 0 Å². The van der Waals surface area contributed by atoms with Crippen LogP contribution in [0.1, 0.15) is 25.8 Å². The van der Waals surface area contributed by atoms with E-state index in [-0.39, 0.29) is 5.78 Å². The summed E-state index contributed by atoms with van der Waals surface area (Å²) in [6, 6.07) is 9.49. The average Bonchev–Trinajstić information content (AvgIpc) is 2.26. The van der Waals surface area contributed by atoms with E-state index in [0.29, 0.717) is 12.0 Å². The molecule has 0 fully saturated rings. The van der Waals surface area contributed by atoms with Gasteiger partial charge in [0.2, 0.25) is 0 Å². The number of benzene rings is 1. The van der Waals surface area contributed by atoms with Gasteiger partial charge in [0.05, 0.1) is 5.60 Å². The average molecular weight is 230 g/mol. The summed E-state index contributed by atoms with van der Waals surface area (Å²) in [7, 11) is 0. The predicted molar refractivity (Wildman–Crippen MR) is 70.5 cm³/mol. The van der Waals surface area contributed by atoms with Crippen molar-refractivity contribution in [1.29, 1.82) is 0 Å². The van der Waals surface area contributed by atoms with E-state index in [0.717, 1.165) is 5.56 Å². The third-order valence-corrected chi connectivity index (χ3v) is 2.61. The fourth-order valence-electron chi connectivity index (χ4n) is 1.74. The van der Waals surface area contributed by atoms with Crippen LogP contribution in [-0.2, 0) is 4.79 Å². The summed E-state index contributed by atoms with van der Waals surface area (Å²) < 4.78 is 0. The Labute approximate surface area is 102 Å². The van der Waals surface area contributed by atoms with Crippen LogP contribution in [-0.4, -0.2) is 16.5 Å². The molecule has 0 aromatic heterocycles. The molecular weight excluding hydrogens is 212 g/mol. The summed E-state index contributed by atoms with van der Waals surface area (Å²) in [6.07, 6.45) is 3.69. The summed E-state index contributed by atoms with van der Waals surface area (Å²) in [5, 5.41) is 10.2. The summed E-state index contributed by atoms with van der Waals surface area (Å²) in [6.45, 7) is 6.69. The molecule has 0 amide bonds. The Kier molecular flexibility index (Phi) is 4.41. The number of carbonyl (C=O) groups is 1. The van der Waals surface area contributed by atoms with E-state index in [9.17, 15) is 9.90 Å². The van der Waals surface area contributed by atoms with Crippen molar-refractivity contribution < 1.29 is 9.90 Å². The molecule has 2 heteroatoms. The molecule has 0 radical (unpaired) electrons. The van der Waals surface area contributed by atoms with Crippen LogP contribution in [0.5, 0.6) is 0 Å². The minimum atomic E-state index is -1.16. The van der Waals surface area contributed by atoms with Gasteiger partial charge < -0.3 is 5.11 Å². The number of rotatable bonds is 5. The largest absolute Gasteiger partial charge is 0.385 e. The Balaban J connectivity index is 3.14. The number of Topliss-reactive ketones (excluding diaryl/α,β-unsaturated/α-hetero) is 1. The Morgan fingerprint density at radius 1 is 1.41 bits per heavy atom. The summed E-state index contributed by atoms with van der Waals surface area (Å²) >= 11 is 0. The zero-order valence-corrected chi connectivity index (χ0v) is 10.3. The molecule has 0 heterocycles. The van der Waals surface area contributed by atoms with Crippen molar-refractivity contribution in [3.05, 3.63) is 54.1 Å². The number of aliphatic hydroxyl groups is 1. The Morgan fingerprint density at radius 2 is 2.00 bits per heavy atom. The predicted octanol–water partition coefficient (Wildman–Crippen LogP) is 2.99. The minimum Gasteiger partial charge on any atom is -0.385 e. The summed E-state index contributed by atoms with van der Waals surface area (Å²) in [5.41, 5.74) is 0.148. The van der Waals surface area contributed by atoms with E-state index in [1.165, 1.54) is 6.92 Å². The zero-order valence-electron chi connectivity index (χ0n) is 10.3. The molecule has 0 bridgehead atoms. The van der Waals surface area contributed by atoms with E-state index in [1.807, 2.05) is 30.3 Å². The molecule has 1 unspecified atom stereocenters. The number of ketones is 1. The standard InChI is InChI=1S/C15H18O2/c1-4-10-15(3,17)14(12(2)16)11-13-8-6-5-7-9-13/h4-9,11,17H,1,10H2,2-3H3/b14-11-. The van der Waals surface area contributed by atoms with Gasteiger partial charge in [0.1, 0.15) is 0 Å². The second-order valence-electron chi connectivity index (χ2n) is 4.29. The second-order valence-corrected chi connectivity index (χ2v) is 4.29. The molecule has 0 aliphatic rings. The third kappa shape index (κ3) is 3.68. The van der Waals surface area contributed by atoms with Crippen LogP contribution in [0.3, 0.4) is 0 Å². The minimum absolute atomic E-state index is 0.124. The van der Waals surface area contributed by atoms with Crippen LogP contribution in [0.25, 0.3) is 6.08 Å². The van der Waals surface area contributed by atoms with Gasteiger partial charge in [-0.2, -0.15) is 0 Å². The lowest BCUT2D eigenvalue weighted by Gasteiger charge is -2.23. The number of hydrogen-bond acceptors (Lipinski definition) is 2. The first-order valence-electron chi connectivity index (χ1n) is 5.59. The lowest BCUT2D eigenvalue weighted by atomic mass is 9.88. The van der Waals surface area contributed by atoms with Crippen LogP contribution in [0.15, 0.2) is 48.6 Å². The first-order valence-corrected chi connectivity index (χ1v) is 5.59. The fourth-order valence-corrected chi connectivity index (χ4v) is 1.74. The Bertz CT molecular complexity index is 427. The molecule has 0 saturated heterocycles. The van der Waals surface area contributed by atoms with Crippen molar-refractivity contribution in [3.63, 3.8) is 0 Å². The molecule has 0 saturated carbocycles. The molecule has 1 aromatic rings. The van der Waals surface area contributed by atoms with E-state index in [4.69, 9.17) is 0 Å². The monoisotopic (exact) mass is 230 g/mol. The fraction of sp³-hybridized carbons (Fsp3) is 0.267. The highest BCUT2D eigenvalue weighted by atomic mass is 16.3. The second kappa shape index (κ2) is 5.60. The molecule has 1 rings (SSSR count). The molecule has 1 atom stereocenters. The van der Waals surface area contributed by atoms with Gasteiger partial charge in [0, 0.05) is 5.57 Å². The SMILES string of the molecule is C=CCC(C)(O)/C(=C\c1ccccc1)C(C)=O. The lowest BCUT2D eigenvalue weighted by Crippen LogP contribution is -2.29. The molecule has 0 aliphatic heterocycles. The molecule has 90 valence electrons. The first kappa shape index (κ1) is 13.4. The smallest absolute Gasteiger partial charge is 0.158 e. The van der Waals surface area contributed by atoms with Gasteiger partial charge in [-0.25, -0.2) is 0 Å². The summed E-state index contributed by atoms with van der Waals surface area (Å²) in [5.74, 6) is -0.124. The highest BCUT2D eigenvalue weighted by molar-refractivity contribution is 5.99. The van der Waals surface area contributed by atoms with Crippen LogP contribution in [0.4, 0.5) is 0 Å². The van der Waals surface area contributed by atoms with Crippen molar-refractivity contribution in [3.8, 4) is 0 Å². The van der Waals surface area contributed by atoms with Crippen molar-refractivity contribution in [2.75, 3.05) is 0 Å². The van der Waals surface area contributed by atoms with E-state index >= 15 is 0 Å². The van der Waals surface area contributed by atoms with Crippen molar-refractivity contribution in [2.45, 2.75) is 25.9 Å². The highest BCUT2D eigenvalue weighted by Crippen LogP contribution is 2.24. The van der Waals surface area contributed by atoms with Crippen molar-refractivity contribution >= 4 is 11.9 Å². The molecule has 0 spiro atoms. The lowest BCUT2D eigenvalue weighted by molar-refractivity contribution is -0.115. The van der Waals surface area contributed by atoms with Gasteiger partial charge in [-0.3, -0.25) is 4.79 Å². The van der Waals surface area contributed by atoms with Gasteiger partial charge in [0.25, 0.3) is 0 Å². The molecular formula is C15H18O2. The highest BCUT2D eigenvalue weighted by Gasteiger charge is 2.27. The van der Waals surface area contributed by atoms with Gasteiger partial charge in [-0.15, -0.1) is 6.58 Å². The number of hydrogen-bond donors (Lipinski definition) is 1. The topological polar surface area (TPSA) is 37.3 Å². The Hall–Kier alpha value is -1.67. The van der Waals surface area contributed by atoms with Gasteiger partial charge in [-0.05, 0) is 31.9 Å². The third-order valence-electron chi connectivity index (χ3n) is 2.61. The van der Waals surface area contributed by atoms with Gasteiger partial charge in [0.15, 0.2) is 5.78 Å². The molecule has 17 heavy (non-hydrogen) atoms. The van der Waals surface area contributed by atoms with E-state index in [2.05, 4.69) is 6.58 Å². The van der Waals surface area contributed by atoms with Crippen molar-refractivity contribution in [1.82, 2.24) is 0 Å². The van der Waals surface area contributed by atoms with E-state index in [1.54, 1.807) is 19.1 Å². The number of carbonyl (C=O) groups excluding carboxylic acids is 1. The maximum Gasteiger partial charge on any atom is 0.158 e. The molecule has 1 aromatic carbocycles. The van der Waals surface area contributed by atoms with Crippen molar-refractivity contribution in [2.24, 2.45) is 0 Å². The normalized spacial score (nSPS) is 15.1. The zero-order chi connectivity index (χ0) is 12.9. The summed E-state index contributed by atoms with van der Waals surface area (Å²) in [4.78, 5) is 11.6. The van der Waals surface area contributed by atoms with E-state index < -0.39 is 5.60 Å². The maximum absolute atomic E-state index is 11.6. The van der Waals surface area contributed by atoms with Crippen LogP contribution in [0.2, 0.25) is 0 Å². The van der Waals surface area contributed by atoms with Crippen LogP contribution < -0.4 is 0 Å². The van der Waals surface area contributed by atoms with Gasteiger partial charge >= 0.3 is 0 Å². The molecule has 2 nitrogen and oxygen atoms in total. The van der Waals surface area contributed by atoms with Crippen LogP contribution >= 0.6 is 0 Å². The Morgan fingerprint density at radius 3 is 2.47 bits per heavy atom. The maximum atomic E-state index is 11.6. The van der Waals surface area contributed by atoms with Gasteiger partial charge in [-0.1, -0.05) is 36.4 Å². The quantitative estimate of drug-likeness (QED) is 0.623. The molecule has 1 N–H and O–H groups in total.